The van der Waals surface area contributed by atoms with Crippen LogP contribution >= 0.6 is 0 Å². The SMILES string of the molecule is CCNCCCCN1CCC(N(CC)CC)C1. The van der Waals surface area contributed by atoms with Crippen molar-refractivity contribution in [2.45, 2.75) is 46.1 Å². The van der Waals surface area contributed by atoms with Crippen LogP contribution in [0.3, 0.4) is 0 Å². The van der Waals surface area contributed by atoms with Crippen molar-refractivity contribution in [3.05, 3.63) is 0 Å². The standard InChI is InChI=1S/C14H31N3/c1-4-15-10-7-8-11-16-12-9-14(13-16)17(5-2)6-3/h14-15H,4-13H2,1-3H3. The molecule has 1 atom stereocenters. The van der Waals surface area contributed by atoms with Crippen LogP contribution in [0, 0.1) is 0 Å². The van der Waals surface area contributed by atoms with Crippen molar-refractivity contribution in [3.63, 3.8) is 0 Å². The molecule has 0 spiro atoms. The first-order valence-corrected chi connectivity index (χ1v) is 7.48. The van der Waals surface area contributed by atoms with E-state index >= 15 is 0 Å². The van der Waals surface area contributed by atoms with Crippen LogP contribution in [-0.4, -0.2) is 61.7 Å². The van der Waals surface area contributed by atoms with E-state index in [0.717, 1.165) is 12.6 Å². The van der Waals surface area contributed by atoms with E-state index in [1.54, 1.807) is 0 Å². The van der Waals surface area contributed by atoms with Crippen LogP contribution < -0.4 is 5.32 Å². The van der Waals surface area contributed by atoms with Crippen LogP contribution in [0.1, 0.15) is 40.0 Å². The maximum Gasteiger partial charge on any atom is 0.0235 e. The van der Waals surface area contributed by atoms with Gasteiger partial charge in [-0.25, -0.2) is 0 Å². The molecule has 1 rings (SSSR count). The highest BCUT2D eigenvalue weighted by Gasteiger charge is 2.25. The molecule has 1 saturated heterocycles. The van der Waals surface area contributed by atoms with E-state index in [2.05, 4.69) is 35.9 Å². The van der Waals surface area contributed by atoms with Crippen molar-refractivity contribution in [2.75, 3.05) is 45.8 Å². The second kappa shape index (κ2) is 8.90. The Morgan fingerprint density at radius 1 is 1.18 bits per heavy atom. The predicted molar refractivity (Wildman–Crippen MR) is 75.5 cm³/mol. The molecule has 1 aliphatic heterocycles. The molecule has 1 heterocycles. The lowest BCUT2D eigenvalue weighted by molar-refractivity contribution is 0.210. The minimum Gasteiger partial charge on any atom is -0.317 e. The molecule has 102 valence electrons. The molecule has 17 heavy (non-hydrogen) atoms. The zero-order chi connectivity index (χ0) is 12.5. The molecule has 0 aromatic rings. The molecule has 0 aliphatic carbocycles. The lowest BCUT2D eigenvalue weighted by Crippen LogP contribution is -2.37. The Labute approximate surface area is 108 Å². The van der Waals surface area contributed by atoms with Crippen molar-refractivity contribution in [3.8, 4) is 0 Å². The largest absolute Gasteiger partial charge is 0.317 e. The molecular weight excluding hydrogens is 210 g/mol. The van der Waals surface area contributed by atoms with E-state index in [1.807, 2.05) is 0 Å². The van der Waals surface area contributed by atoms with Gasteiger partial charge in [-0.15, -0.1) is 0 Å². The fourth-order valence-electron chi connectivity index (χ4n) is 2.82. The Morgan fingerprint density at radius 3 is 2.59 bits per heavy atom. The smallest absolute Gasteiger partial charge is 0.0235 e. The Kier molecular flexibility index (Phi) is 7.82. The highest BCUT2D eigenvalue weighted by molar-refractivity contribution is 4.82. The molecule has 1 aliphatic rings. The zero-order valence-corrected chi connectivity index (χ0v) is 12.0. The van der Waals surface area contributed by atoms with E-state index in [4.69, 9.17) is 0 Å². The molecule has 0 aromatic carbocycles. The summed E-state index contributed by atoms with van der Waals surface area (Å²) in [6, 6.07) is 0.818. The summed E-state index contributed by atoms with van der Waals surface area (Å²) in [7, 11) is 0. The van der Waals surface area contributed by atoms with Crippen LogP contribution in [0.5, 0.6) is 0 Å². The van der Waals surface area contributed by atoms with E-state index in [1.165, 1.54) is 58.5 Å². The molecule has 1 fully saturated rings. The van der Waals surface area contributed by atoms with E-state index in [0.29, 0.717) is 0 Å². The third kappa shape index (κ3) is 5.36. The van der Waals surface area contributed by atoms with Crippen molar-refractivity contribution >= 4 is 0 Å². The number of likely N-dealkylation sites (tertiary alicyclic amines) is 1. The number of hydrogen-bond acceptors (Lipinski definition) is 3. The third-order valence-electron chi connectivity index (χ3n) is 3.90. The molecule has 0 aromatic heterocycles. The van der Waals surface area contributed by atoms with Crippen LogP contribution in [0.15, 0.2) is 0 Å². The summed E-state index contributed by atoms with van der Waals surface area (Å²) in [5.74, 6) is 0. The Morgan fingerprint density at radius 2 is 1.94 bits per heavy atom. The average molecular weight is 241 g/mol. The molecule has 1 unspecified atom stereocenters. The maximum atomic E-state index is 3.39. The monoisotopic (exact) mass is 241 g/mol. The lowest BCUT2D eigenvalue weighted by atomic mass is 10.2. The van der Waals surface area contributed by atoms with E-state index in [-0.39, 0.29) is 0 Å². The summed E-state index contributed by atoms with van der Waals surface area (Å²) >= 11 is 0. The van der Waals surface area contributed by atoms with Crippen molar-refractivity contribution in [1.29, 1.82) is 0 Å². The van der Waals surface area contributed by atoms with Crippen LogP contribution in [0.2, 0.25) is 0 Å². The van der Waals surface area contributed by atoms with E-state index in [9.17, 15) is 0 Å². The summed E-state index contributed by atoms with van der Waals surface area (Å²) in [5.41, 5.74) is 0. The minimum absolute atomic E-state index is 0.818. The number of unbranched alkanes of at least 4 members (excludes halogenated alkanes) is 1. The van der Waals surface area contributed by atoms with E-state index < -0.39 is 0 Å². The number of hydrogen-bond donors (Lipinski definition) is 1. The summed E-state index contributed by atoms with van der Waals surface area (Å²) in [4.78, 5) is 5.26. The third-order valence-corrected chi connectivity index (χ3v) is 3.90. The molecule has 3 nitrogen and oxygen atoms in total. The molecular formula is C14H31N3. The van der Waals surface area contributed by atoms with Gasteiger partial charge in [0, 0.05) is 12.6 Å². The summed E-state index contributed by atoms with van der Waals surface area (Å²) < 4.78 is 0. The van der Waals surface area contributed by atoms with Crippen molar-refractivity contribution in [1.82, 2.24) is 15.1 Å². The van der Waals surface area contributed by atoms with Gasteiger partial charge in [0.15, 0.2) is 0 Å². The van der Waals surface area contributed by atoms with Crippen molar-refractivity contribution < 1.29 is 0 Å². The van der Waals surface area contributed by atoms with Gasteiger partial charge in [-0.05, 0) is 58.5 Å². The second-order valence-electron chi connectivity index (χ2n) is 5.02. The maximum absolute atomic E-state index is 3.39. The molecule has 1 N–H and O–H groups in total. The normalized spacial score (nSPS) is 21.5. The Hall–Kier alpha value is -0.120. The topological polar surface area (TPSA) is 18.5 Å². The highest BCUT2D eigenvalue weighted by Crippen LogP contribution is 2.15. The summed E-state index contributed by atoms with van der Waals surface area (Å²) in [5, 5.41) is 3.39. The number of rotatable bonds is 9. The number of likely N-dealkylation sites (N-methyl/N-ethyl adjacent to an activating group) is 1. The average Bonchev–Trinajstić information content (AvgIpc) is 2.79. The Bertz CT molecular complexity index is 180. The number of nitrogens with one attached hydrogen (secondary N) is 1. The first kappa shape index (κ1) is 14.9. The highest BCUT2D eigenvalue weighted by atomic mass is 15.2. The summed E-state index contributed by atoms with van der Waals surface area (Å²) in [6.07, 6.45) is 4.03. The van der Waals surface area contributed by atoms with Gasteiger partial charge in [0.05, 0.1) is 0 Å². The fourth-order valence-corrected chi connectivity index (χ4v) is 2.82. The first-order chi connectivity index (χ1) is 8.31. The van der Waals surface area contributed by atoms with Crippen LogP contribution in [0.25, 0.3) is 0 Å². The van der Waals surface area contributed by atoms with Gasteiger partial charge >= 0.3 is 0 Å². The molecule has 0 saturated carbocycles. The van der Waals surface area contributed by atoms with Gasteiger partial charge in [-0.3, -0.25) is 4.90 Å². The van der Waals surface area contributed by atoms with Crippen LogP contribution in [0.4, 0.5) is 0 Å². The van der Waals surface area contributed by atoms with Gasteiger partial charge in [-0.2, -0.15) is 0 Å². The van der Waals surface area contributed by atoms with Gasteiger partial charge in [0.2, 0.25) is 0 Å². The molecule has 0 amide bonds. The van der Waals surface area contributed by atoms with Gasteiger partial charge < -0.3 is 10.2 Å². The molecule has 3 heteroatoms. The summed E-state index contributed by atoms with van der Waals surface area (Å²) in [6.45, 7) is 15.3. The first-order valence-electron chi connectivity index (χ1n) is 7.48. The van der Waals surface area contributed by atoms with Gasteiger partial charge in [0.25, 0.3) is 0 Å². The van der Waals surface area contributed by atoms with Crippen molar-refractivity contribution in [2.24, 2.45) is 0 Å². The zero-order valence-electron chi connectivity index (χ0n) is 12.0. The Balaban J connectivity index is 2.09. The molecule has 0 bridgehead atoms. The predicted octanol–water partition coefficient (Wildman–Crippen LogP) is 1.79. The fraction of sp³-hybridized carbons (Fsp3) is 1.00. The van der Waals surface area contributed by atoms with Crippen LogP contribution in [-0.2, 0) is 0 Å². The quantitative estimate of drug-likeness (QED) is 0.621. The second-order valence-corrected chi connectivity index (χ2v) is 5.02. The van der Waals surface area contributed by atoms with Gasteiger partial charge in [-0.1, -0.05) is 20.8 Å². The van der Waals surface area contributed by atoms with Gasteiger partial charge in [0.1, 0.15) is 0 Å². The lowest BCUT2D eigenvalue weighted by Gasteiger charge is -2.26. The minimum atomic E-state index is 0.818. The molecule has 0 radical (unpaired) electrons. The number of nitrogens with zero attached hydrogens (tertiary/aromatic N) is 2.